The van der Waals surface area contributed by atoms with Gasteiger partial charge in [-0.25, -0.2) is 14.8 Å². The van der Waals surface area contributed by atoms with E-state index in [1.165, 1.54) is 6.92 Å². The van der Waals surface area contributed by atoms with Crippen LogP contribution in [0.4, 0.5) is 30.4 Å². The minimum atomic E-state index is -4.69. The van der Waals surface area contributed by atoms with E-state index in [9.17, 15) is 43.0 Å². The number of rotatable bonds is 9. The molecule has 0 amide bonds. The number of anilines is 1. The fourth-order valence-corrected chi connectivity index (χ4v) is 5.58. The van der Waals surface area contributed by atoms with Gasteiger partial charge in [-0.2, -0.15) is 23.1 Å². The first-order valence-corrected chi connectivity index (χ1v) is 29.6. The summed E-state index contributed by atoms with van der Waals surface area (Å²) in [5, 5.41) is 23.8. The SMILES string of the molecule is CCOC(=O)C1(CC(F)(F)F)CCCN1c1nc(Cl)ncc1[N+](=O)[O-].CCOC(=O)C1(CC)CCCN1.O=[N+]([O-])c1cnc(Cl)nc1Cl.[I][V]([I])[I]. The molecule has 0 spiro atoms. The number of nitro groups is 2. The summed E-state index contributed by atoms with van der Waals surface area (Å²) in [6.45, 7) is 6.57. The number of carbonyl (C=O) groups is 2. The molecule has 4 rings (SSSR count). The van der Waals surface area contributed by atoms with Gasteiger partial charge in [0.05, 0.1) is 29.5 Å². The molecule has 292 valence electrons. The van der Waals surface area contributed by atoms with Gasteiger partial charge in [-0.3, -0.25) is 25.0 Å². The van der Waals surface area contributed by atoms with E-state index in [0.717, 1.165) is 43.1 Å². The normalized spacial score (nSPS) is 19.3. The van der Waals surface area contributed by atoms with Crippen LogP contribution in [0.3, 0.4) is 0 Å². The zero-order valence-corrected chi connectivity index (χ0v) is 37.6. The van der Waals surface area contributed by atoms with Gasteiger partial charge in [-0.15, -0.1) is 0 Å². The van der Waals surface area contributed by atoms with Crippen LogP contribution in [0.5, 0.6) is 0 Å². The standard InChI is InChI=1S/C13H14ClF3N4O4.C9H17NO2.C4HCl2N3O2.3HI.V/c1-2-25-10(22)12(7-13(15,16)17)4-3-5-20(12)9-8(21(23)24)6-18-11(14)19-9;1-3-9(6-5-7-10-9)8(11)12-4-2;5-3-2(9(10)11)1-7-4(6)8-3;;;;/h6H,2-5,7H2,1H3;10H,3-7H2,1-2H3;1H;3*1H;/q;;;;;;+3/p-3. The van der Waals surface area contributed by atoms with Crippen LogP contribution in [0, 0.1) is 20.2 Å². The number of ether oxygens (including phenoxy) is 2. The van der Waals surface area contributed by atoms with Gasteiger partial charge in [0.25, 0.3) is 0 Å². The summed E-state index contributed by atoms with van der Waals surface area (Å²) < 4.78 is 49.3. The molecule has 2 aliphatic rings. The molecule has 2 saturated heterocycles. The van der Waals surface area contributed by atoms with E-state index >= 15 is 0 Å². The van der Waals surface area contributed by atoms with E-state index in [2.05, 4.69) is 85.2 Å². The summed E-state index contributed by atoms with van der Waals surface area (Å²) in [6.07, 6.45) is -1.61. The second-order valence-electron chi connectivity index (χ2n) is 10.4. The molecule has 0 saturated carbocycles. The fraction of sp³-hybridized carbons (Fsp3) is 0.615. The van der Waals surface area contributed by atoms with E-state index in [1.54, 1.807) is 0 Å². The van der Waals surface area contributed by atoms with Crippen LogP contribution >= 0.6 is 94.7 Å². The van der Waals surface area contributed by atoms with Crippen LogP contribution < -0.4 is 10.2 Å². The van der Waals surface area contributed by atoms with E-state index in [4.69, 9.17) is 44.3 Å². The number of esters is 2. The molecule has 1 N–H and O–H groups in total. The molecule has 2 unspecified atom stereocenters. The minimum absolute atomic E-state index is 0.0386. The molecule has 2 atom stereocenters. The van der Waals surface area contributed by atoms with Crippen LogP contribution in [0.2, 0.25) is 15.7 Å². The first-order valence-electron chi connectivity index (χ1n) is 14.9. The average Bonchev–Trinajstić information content (AvgIpc) is 3.69. The van der Waals surface area contributed by atoms with Gasteiger partial charge >= 0.3 is 94.3 Å². The van der Waals surface area contributed by atoms with Crippen molar-refractivity contribution in [2.45, 2.75) is 76.6 Å². The zero-order chi connectivity index (χ0) is 39.9. The van der Waals surface area contributed by atoms with Gasteiger partial charge in [0.1, 0.15) is 23.5 Å². The Kier molecular flexibility index (Phi) is 21.9. The number of halogens is 9. The second-order valence-corrected chi connectivity index (χ2v) is 46.8. The number of aromatic nitrogens is 4. The third-order valence-corrected chi connectivity index (χ3v) is 7.86. The Morgan fingerprint density at radius 3 is 1.90 bits per heavy atom. The predicted octanol–water partition coefficient (Wildman–Crippen LogP) is 8.32. The number of carbonyl (C=O) groups excluding carboxylic acids is 2. The van der Waals surface area contributed by atoms with E-state index in [0.29, 0.717) is 6.61 Å². The van der Waals surface area contributed by atoms with E-state index in [-0.39, 0.29) is 63.8 Å². The summed E-state index contributed by atoms with van der Waals surface area (Å²) in [5.74, 6) is -1.61. The Morgan fingerprint density at radius 2 is 1.46 bits per heavy atom. The molecule has 0 radical (unpaired) electrons. The Balaban J connectivity index is 0.000000414. The Bertz CT molecular complexity index is 1540. The van der Waals surface area contributed by atoms with Gasteiger partial charge in [0.15, 0.2) is 0 Å². The maximum absolute atomic E-state index is 13.2. The van der Waals surface area contributed by atoms with E-state index < -0.39 is 45.5 Å². The monoisotopic (exact) mass is 1180 g/mol. The molecule has 2 aromatic heterocycles. The van der Waals surface area contributed by atoms with Gasteiger partial charge in [0, 0.05) is 6.54 Å². The molecule has 2 aliphatic heterocycles. The van der Waals surface area contributed by atoms with Crippen molar-refractivity contribution in [1.29, 1.82) is 0 Å². The zero-order valence-electron chi connectivity index (χ0n) is 27.5. The predicted molar refractivity (Wildman–Crippen MR) is 208 cm³/mol. The molecule has 4 heterocycles. The van der Waals surface area contributed by atoms with Crippen molar-refractivity contribution < 1.29 is 47.0 Å². The average molecular weight is 1180 g/mol. The fourth-order valence-electron chi connectivity index (χ4n) is 5.08. The van der Waals surface area contributed by atoms with Gasteiger partial charge in [0.2, 0.25) is 21.5 Å². The van der Waals surface area contributed by atoms with Crippen LogP contribution in [-0.4, -0.2) is 85.3 Å². The van der Waals surface area contributed by atoms with Crippen molar-refractivity contribution in [2.75, 3.05) is 31.2 Å². The summed E-state index contributed by atoms with van der Waals surface area (Å²) >= 11 is 23.7. The molecule has 2 fully saturated rings. The summed E-state index contributed by atoms with van der Waals surface area (Å²) in [4.78, 5) is 58.3. The van der Waals surface area contributed by atoms with E-state index in [1.807, 2.05) is 13.8 Å². The number of nitrogens with zero attached hydrogens (tertiary/aromatic N) is 7. The molecule has 0 aliphatic carbocycles. The molecule has 0 aromatic carbocycles. The molecule has 2 aromatic rings. The Hall–Kier alpha value is -0.906. The summed E-state index contributed by atoms with van der Waals surface area (Å²) in [7, 11) is 0. The molecular formula is C26H32Cl3F3I3N8O8V. The van der Waals surface area contributed by atoms with Crippen molar-refractivity contribution >= 4 is 124 Å². The van der Waals surface area contributed by atoms with Crippen LogP contribution in [0.1, 0.15) is 59.3 Å². The maximum atomic E-state index is 13.2. The van der Waals surface area contributed by atoms with Crippen molar-refractivity contribution in [3.8, 4) is 0 Å². The molecule has 0 bridgehead atoms. The van der Waals surface area contributed by atoms with Crippen LogP contribution in [0.15, 0.2) is 12.4 Å². The first-order chi connectivity index (χ1) is 24.2. The van der Waals surface area contributed by atoms with Gasteiger partial charge < -0.3 is 19.7 Å². The molecule has 52 heavy (non-hydrogen) atoms. The van der Waals surface area contributed by atoms with Gasteiger partial charge in [-0.1, -0.05) is 18.5 Å². The van der Waals surface area contributed by atoms with Gasteiger partial charge in [-0.05, 0) is 75.7 Å². The van der Waals surface area contributed by atoms with Crippen molar-refractivity contribution in [3.63, 3.8) is 0 Å². The van der Waals surface area contributed by atoms with Crippen molar-refractivity contribution in [3.05, 3.63) is 48.3 Å². The first kappa shape index (κ1) is 49.1. The number of hydrogen-bond acceptors (Lipinski definition) is 14. The summed E-state index contributed by atoms with van der Waals surface area (Å²) in [5.41, 5.74) is -3.48. The molecular weight excluding hydrogens is 1150 g/mol. The molecule has 26 heteroatoms. The molecule has 16 nitrogen and oxygen atoms in total. The third kappa shape index (κ3) is 15.3. The number of hydrogen-bond donors (Lipinski definition) is 1. The quantitative estimate of drug-likeness (QED) is 0.0626. The van der Waals surface area contributed by atoms with Crippen LogP contribution in [0.25, 0.3) is 0 Å². The third-order valence-electron chi connectivity index (χ3n) is 7.22. The Morgan fingerprint density at radius 1 is 0.942 bits per heavy atom. The van der Waals surface area contributed by atoms with Crippen molar-refractivity contribution in [1.82, 2.24) is 25.3 Å². The Labute approximate surface area is 348 Å². The topological polar surface area (TPSA) is 206 Å². The second kappa shape index (κ2) is 23.2. The number of nitrogens with one attached hydrogen (secondary N) is 1. The van der Waals surface area contributed by atoms with Crippen LogP contribution in [-0.2, 0) is 24.0 Å². The summed E-state index contributed by atoms with van der Waals surface area (Å²) in [6, 6.07) is 0. The van der Waals surface area contributed by atoms with Crippen molar-refractivity contribution in [2.24, 2.45) is 0 Å². The number of alkyl halides is 3.